The topological polar surface area (TPSA) is 65.2 Å². The van der Waals surface area contributed by atoms with Crippen LogP contribution in [0.5, 0.6) is 0 Å². The Morgan fingerprint density at radius 3 is 2.19 bits per heavy atom. The number of H-pyrrole nitrogens is 1. The minimum Gasteiger partial charge on any atom is -0.333 e. The van der Waals surface area contributed by atoms with Crippen LogP contribution >= 0.6 is 0 Å². The van der Waals surface area contributed by atoms with E-state index in [-0.39, 0.29) is 23.9 Å². The second kappa shape index (κ2) is 7.97. The summed E-state index contributed by atoms with van der Waals surface area (Å²) in [5.41, 5.74) is -1.94. The molecule has 0 saturated heterocycles. The fraction of sp³-hybridized carbons (Fsp3) is 0.238. The van der Waals surface area contributed by atoms with Gasteiger partial charge in [0.2, 0.25) is 0 Å². The first-order chi connectivity index (χ1) is 15.1. The summed E-state index contributed by atoms with van der Waals surface area (Å²) >= 11 is 0. The zero-order valence-corrected chi connectivity index (χ0v) is 16.4. The Hall–Kier alpha value is -3.34. The average molecular weight is 455 g/mol. The number of fused-ring (bicyclic) bond motifs is 3. The average Bonchev–Trinajstić information content (AvgIpc) is 2.72. The lowest BCUT2D eigenvalue weighted by Gasteiger charge is -2.34. The van der Waals surface area contributed by atoms with Crippen LogP contribution in [0.2, 0.25) is 0 Å². The van der Waals surface area contributed by atoms with Crippen molar-refractivity contribution < 1.29 is 31.1 Å². The molecule has 0 bridgehead atoms. The monoisotopic (exact) mass is 455 g/mol. The Morgan fingerprint density at radius 1 is 1.00 bits per heavy atom. The number of hydrogen-bond donors (Lipinski definition) is 2. The number of nitrogens with one attached hydrogen (secondary N) is 2. The van der Waals surface area contributed by atoms with Gasteiger partial charge in [0, 0.05) is 37.0 Å². The normalized spacial score (nSPS) is 15.8. The van der Waals surface area contributed by atoms with Crippen LogP contribution in [-0.2, 0) is 6.54 Å². The number of aromatic amines is 1. The zero-order valence-electron chi connectivity index (χ0n) is 16.4. The van der Waals surface area contributed by atoms with E-state index in [1.807, 2.05) is 0 Å². The van der Waals surface area contributed by atoms with Gasteiger partial charge < -0.3 is 15.2 Å². The van der Waals surface area contributed by atoms with Gasteiger partial charge in [-0.1, -0.05) is 0 Å². The fourth-order valence-corrected chi connectivity index (χ4v) is 3.94. The number of amides is 1. The molecule has 1 atom stereocenters. The minimum atomic E-state index is -3.40. The van der Waals surface area contributed by atoms with Crippen molar-refractivity contribution in [2.45, 2.75) is 19.0 Å². The van der Waals surface area contributed by atoms with Crippen LogP contribution in [0.25, 0.3) is 10.8 Å². The number of hydrogen-bond acceptors (Lipinski definition) is 3. The SMILES string of the molecule is CN(C(=O)c1cc(F)c(C(F)F)c(F)c1)[C@@H]1CNCc2[nH]c(=O)c3cc(F)c(F)cc3c21. The Balaban J connectivity index is 1.81. The summed E-state index contributed by atoms with van der Waals surface area (Å²) in [5.74, 6) is -6.44. The van der Waals surface area contributed by atoms with Gasteiger partial charge in [-0.25, -0.2) is 26.3 Å². The van der Waals surface area contributed by atoms with Crippen LogP contribution in [0.15, 0.2) is 29.1 Å². The molecule has 4 rings (SSSR count). The fourth-order valence-electron chi connectivity index (χ4n) is 3.94. The van der Waals surface area contributed by atoms with E-state index in [2.05, 4.69) is 10.3 Å². The first kappa shape index (κ1) is 21.9. The molecule has 2 N–H and O–H groups in total. The maximum absolute atomic E-state index is 14.0. The van der Waals surface area contributed by atoms with Gasteiger partial charge in [0.25, 0.3) is 17.9 Å². The highest BCUT2D eigenvalue weighted by Gasteiger charge is 2.32. The molecule has 0 saturated carbocycles. The standard InChI is InChI=1S/C21H15F6N3O2/c1-30(21(32)8-2-13(24)18(19(26)27)14(25)3-8)16-7-28-6-15-17(16)9-4-11(22)12(23)5-10(9)20(31)29-15/h2-5,16,19,28H,6-7H2,1H3,(H,29,31)/t16-/m1/s1. The van der Waals surface area contributed by atoms with E-state index in [0.717, 1.165) is 17.0 Å². The molecule has 2 heterocycles. The molecule has 0 spiro atoms. The molecule has 168 valence electrons. The van der Waals surface area contributed by atoms with E-state index >= 15 is 0 Å². The summed E-state index contributed by atoms with van der Waals surface area (Å²) in [6, 6.07) is 1.78. The van der Waals surface area contributed by atoms with Gasteiger partial charge in [-0.05, 0) is 29.7 Å². The van der Waals surface area contributed by atoms with E-state index in [0.29, 0.717) is 23.4 Å². The molecule has 0 fully saturated rings. The van der Waals surface area contributed by atoms with Crippen molar-refractivity contribution in [3.8, 4) is 0 Å². The summed E-state index contributed by atoms with van der Waals surface area (Å²) in [4.78, 5) is 28.9. The van der Waals surface area contributed by atoms with E-state index < -0.39 is 58.3 Å². The van der Waals surface area contributed by atoms with Gasteiger partial charge in [-0.15, -0.1) is 0 Å². The van der Waals surface area contributed by atoms with Gasteiger partial charge in [0.05, 0.1) is 17.0 Å². The molecule has 32 heavy (non-hydrogen) atoms. The molecule has 1 aliphatic rings. The summed E-state index contributed by atoms with van der Waals surface area (Å²) in [5, 5.41) is 2.92. The number of carbonyl (C=O) groups is 1. The van der Waals surface area contributed by atoms with E-state index in [1.54, 1.807) is 0 Å². The van der Waals surface area contributed by atoms with Crippen LogP contribution in [0, 0.1) is 23.3 Å². The molecule has 5 nitrogen and oxygen atoms in total. The van der Waals surface area contributed by atoms with Crippen molar-refractivity contribution in [1.82, 2.24) is 15.2 Å². The second-order valence-electron chi connectivity index (χ2n) is 7.38. The van der Waals surface area contributed by atoms with Crippen molar-refractivity contribution in [1.29, 1.82) is 0 Å². The molecule has 2 aromatic carbocycles. The third-order valence-corrected chi connectivity index (χ3v) is 5.49. The summed E-state index contributed by atoms with van der Waals surface area (Å²) in [6.07, 6.45) is -3.40. The third-order valence-electron chi connectivity index (χ3n) is 5.49. The van der Waals surface area contributed by atoms with Crippen molar-refractivity contribution >= 4 is 16.7 Å². The predicted molar refractivity (Wildman–Crippen MR) is 102 cm³/mol. The Morgan fingerprint density at radius 2 is 1.59 bits per heavy atom. The van der Waals surface area contributed by atoms with Crippen molar-refractivity contribution in [2.24, 2.45) is 0 Å². The number of alkyl halides is 2. The molecule has 1 amide bonds. The van der Waals surface area contributed by atoms with Gasteiger partial charge >= 0.3 is 0 Å². The number of halogens is 6. The van der Waals surface area contributed by atoms with Crippen molar-refractivity contribution in [3.63, 3.8) is 0 Å². The van der Waals surface area contributed by atoms with E-state index in [1.165, 1.54) is 7.05 Å². The number of carbonyl (C=O) groups excluding carboxylic acids is 1. The quantitative estimate of drug-likeness (QED) is 0.589. The lowest BCUT2D eigenvalue weighted by Crippen LogP contribution is -2.42. The van der Waals surface area contributed by atoms with E-state index in [4.69, 9.17) is 0 Å². The van der Waals surface area contributed by atoms with Gasteiger partial charge in [-0.3, -0.25) is 9.59 Å². The van der Waals surface area contributed by atoms with E-state index in [9.17, 15) is 35.9 Å². The first-order valence-corrected chi connectivity index (χ1v) is 9.39. The minimum absolute atomic E-state index is 0.0826. The van der Waals surface area contributed by atoms with Crippen LogP contribution < -0.4 is 10.9 Å². The zero-order chi connectivity index (χ0) is 23.3. The van der Waals surface area contributed by atoms with Crippen LogP contribution in [-0.4, -0.2) is 29.4 Å². The Bertz CT molecular complexity index is 1280. The summed E-state index contributed by atoms with van der Waals surface area (Å²) in [6.45, 7) is 0.292. The summed E-state index contributed by atoms with van der Waals surface area (Å²) < 4.78 is 81.2. The highest BCUT2D eigenvalue weighted by atomic mass is 19.3. The Kier molecular flexibility index (Phi) is 5.45. The maximum atomic E-state index is 14.0. The molecule has 0 unspecified atom stereocenters. The number of likely N-dealkylation sites (N-methyl/N-ethyl adjacent to an activating group) is 1. The molecule has 11 heteroatoms. The predicted octanol–water partition coefficient (Wildman–Crippen LogP) is 3.94. The second-order valence-corrected chi connectivity index (χ2v) is 7.38. The molecular weight excluding hydrogens is 440 g/mol. The van der Waals surface area contributed by atoms with Crippen LogP contribution in [0.3, 0.4) is 0 Å². The number of pyridine rings is 1. The first-order valence-electron chi connectivity index (χ1n) is 9.39. The molecule has 3 aromatic rings. The van der Waals surface area contributed by atoms with Gasteiger partial charge in [0.15, 0.2) is 11.6 Å². The van der Waals surface area contributed by atoms with Gasteiger partial charge in [-0.2, -0.15) is 0 Å². The molecular formula is C21H15F6N3O2. The Labute approximate surface area is 176 Å². The number of benzene rings is 2. The van der Waals surface area contributed by atoms with Crippen molar-refractivity contribution in [2.75, 3.05) is 13.6 Å². The lowest BCUT2D eigenvalue weighted by molar-refractivity contribution is 0.0721. The largest absolute Gasteiger partial charge is 0.333 e. The van der Waals surface area contributed by atoms with Crippen LogP contribution in [0.4, 0.5) is 26.3 Å². The molecule has 0 radical (unpaired) electrons. The molecule has 1 aliphatic heterocycles. The van der Waals surface area contributed by atoms with Gasteiger partial charge in [0.1, 0.15) is 11.6 Å². The maximum Gasteiger partial charge on any atom is 0.269 e. The number of nitrogens with zero attached hydrogens (tertiary/aromatic N) is 1. The van der Waals surface area contributed by atoms with Crippen molar-refractivity contribution in [3.05, 3.63) is 80.3 Å². The highest BCUT2D eigenvalue weighted by Crippen LogP contribution is 2.33. The smallest absolute Gasteiger partial charge is 0.269 e. The lowest BCUT2D eigenvalue weighted by atomic mass is 9.93. The molecule has 0 aliphatic carbocycles. The third kappa shape index (κ3) is 3.52. The summed E-state index contributed by atoms with van der Waals surface area (Å²) in [7, 11) is 1.30. The van der Waals surface area contributed by atoms with Crippen LogP contribution in [0.1, 0.15) is 39.6 Å². The highest BCUT2D eigenvalue weighted by molar-refractivity contribution is 5.95. The molecule has 1 aromatic heterocycles. The number of rotatable bonds is 3. The number of aromatic nitrogens is 1.